The molecule has 0 N–H and O–H groups in total. The maximum atomic E-state index is 4.87. The Hall–Kier alpha value is -4.21. The zero-order valence-corrected chi connectivity index (χ0v) is 19.5. The van der Waals surface area contributed by atoms with Gasteiger partial charge in [-0.15, -0.1) is 5.10 Å². The summed E-state index contributed by atoms with van der Waals surface area (Å²) in [5.74, 6) is 4.90. The van der Waals surface area contributed by atoms with Gasteiger partial charge in [-0.1, -0.05) is 12.1 Å². The Balaban J connectivity index is 1.30. The summed E-state index contributed by atoms with van der Waals surface area (Å²) in [6.45, 7) is 7.35. The second-order valence-corrected chi connectivity index (χ2v) is 8.69. The summed E-state index contributed by atoms with van der Waals surface area (Å²) in [5, 5.41) is 4.58. The van der Waals surface area contributed by atoms with Gasteiger partial charge in [-0.2, -0.15) is 4.68 Å². The Labute approximate surface area is 196 Å². The van der Waals surface area contributed by atoms with E-state index >= 15 is 0 Å². The maximum Gasteiger partial charge on any atom is 0.185 e. The monoisotopic (exact) mass is 452 g/mol. The topological polar surface area (TPSA) is 103 Å². The van der Waals surface area contributed by atoms with Crippen LogP contribution < -0.4 is 4.90 Å². The fourth-order valence-corrected chi connectivity index (χ4v) is 4.41. The molecule has 0 atom stereocenters. The molecule has 0 amide bonds. The molecule has 0 saturated carbocycles. The molecule has 5 heterocycles. The average molecular weight is 453 g/mol. The van der Waals surface area contributed by atoms with E-state index in [1.165, 1.54) is 0 Å². The lowest BCUT2D eigenvalue weighted by molar-refractivity contribution is 0.485. The Morgan fingerprint density at radius 3 is 2.41 bits per heavy atom. The van der Waals surface area contributed by atoms with Gasteiger partial charge >= 0.3 is 0 Å². The van der Waals surface area contributed by atoms with Gasteiger partial charge in [0.25, 0.3) is 0 Å². The van der Waals surface area contributed by atoms with Crippen LogP contribution in [0.1, 0.15) is 29.1 Å². The molecule has 0 unspecified atom stereocenters. The maximum absolute atomic E-state index is 4.87. The van der Waals surface area contributed by atoms with Gasteiger partial charge in [0.05, 0.1) is 28.8 Å². The third-order valence-corrected chi connectivity index (χ3v) is 6.14. The number of aromatic nitrogens is 9. The van der Waals surface area contributed by atoms with Crippen molar-refractivity contribution in [2.45, 2.75) is 26.7 Å². The highest BCUT2D eigenvalue weighted by atomic mass is 15.4. The number of fused-ring (bicyclic) bond motifs is 1. The first-order chi connectivity index (χ1) is 16.5. The molecule has 1 fully saturated rings. The SMILES string of the molecule is Cc1cnc(-c2nc(C)nn2-c2cc(N3CC(c4nc5ccccc5n4C)C3)nc(C)n2)cn1. The van der Waals surface area contributed by atoms with Crippen molar-refractivity contribution in [3.05, 3.63) is 65.9 Å². The molecule has 170 valence electrons. The highest BCUT2D eigenvalue weighted by molar-refractivity contribution is 5.76. The summed E-state index contributed by atoms with van der Waals surface area (Å²) in [6.07, 6.45) is 3.43. The van der Waals surface area contributed by atoms with Crippen molar-refractivity contribution in [3.63, 3.8) is 0 Å². The third kappa shape index (κ3) is 3.38. The predicted molar refractivity (Wildman–Crippen MR) is 128 cm³/mol. The summed E-state index contributed by atoms with van der Waals surface area (Å²) < 4.78 is 3.91. The lowest BCUT2D eigenvalue weighted by Crippen LogP contribution is -2.46. The van der Waals surface area contributed by atoms with Crippen molar-refractivity contribution in [2.24, 2.45) is 7.05 Å². The van der Waals surface area contributed by atoms with E-state index in [1.807, 2.05) is 39.0 Å². The highest BCUT2D eigenvalue weighted by Crippen LogP contribution is 2.32. The van der Waals surface area contributed by atoms with Gasteiger partial charge in [-0.3, -0.25) is 4.98 Å². The number of imidazole rings is 1. The van der Waals surface area contributed by atoms with Crippen LogP contribution in [0.5, 0.6) is 0 Å². The molecule has 0 radical (unpaired) electrons. The van der Waals surface area contributed by atoms with Crippen molar-refractivity contribution >= 4 is 16.9 Å². The third-order valence-electron chi connectivity index (χ3n) is 6.14. The quantitative estimate of drug-likeness (QED) is 0.410. The molecular weight excluding hydrogens is 428 g/mol. The Morgan fingerprint density at radius 2 is 1.65 bits per heavy atom. The van der Waals surface area contributed by atoms with E-state index in [0.29, 0.717) is 34.9 Å². The molecule has 34 heavy (non-hydrogen) atoms. The number of para-hydroxylation sites is 2. The predicted octanol–water partition coefficient (Wildman–Crippen LogP) is 2.93. The van der Waals surface area contributed by atoms with Crippen LogP contribution in [0.25, 0.3) is 28.4 Å². The van der Waals surface area contributed by atoms with Crippen LogP contribution in [0.2, 0.25) is 0 Å². The van der Waals surface area contributed by atoms with Gasteiger partial charge in [0, 0.05) is 32.4 Å². The summed E-state index contributed by atoms with van der Waals surface area (Å²) in [6, 6.07) is 10.2. The summed E-state index contributed by atoms with van der Waals surface area (Å²) >= 11 is 0. The minimum absolute atomic E-state index is 0.350. The van der Waals surface area contributed by atoms with Gasteiger partial charge in [0.1, 0.15) is 29.0 Å². The van der Waals surface area contributed by atoms with Crippen LogP contribution in [0, 0.1) is 20.8 Å². The Bertz CT molecular complexity index is 1510. The number of anilines is 1. The number of rotatable bonds is 4. The van der Waals surface area contributed by atoms with Crippen molar-refractivity contribution < 1.29 is 0 Å². The van der Waals surface area contributed by atoms with Gasteiger partial charge in [0.2, 0.25) is 0 Å². The normalized spacial score (nSPS) is 14.1. The lowest BCUT2D eigenvalue weighted by Gasteiger charge is -2.39. The molecule has 0 spiro atoms. The standard InChI is InChI=1S/C24H24N10/c1-14-10-26-19(11-25-14)24-29-16(3)31-34(24)22-9-21(27-15(2)28-22)33-12-17(13-33)23-30-18-7-5-6-8-20(18)32(23)4/h5-11,17H,12-13H2,1-4H3. The Kier molecular flexibility index (Phi) is 4.61. The number of nitrogens with zero attached hydrogens (tertiary/aromatic N) is 10. The molecule has 1 aliphatic heterocycles. The molecule has 1 saturated heterocycles. The Morgan fingerprint density at radius 1 is 0.853 bits per heavy atom. The lowest BCUT2D eigenvalue weighted by atomic mass is 9.99. The molecule has 0 bridgehead atoms. The second-order valence-electron chi connectivity index (χ2n) is 8.69. The van der Waals surface area contributed by atoms with Crippen LogP contribution in [-0.2, 0) is 7.05 Å². The van der Waals surface area contributed by atoms with Crippen LogP contribution >= 0.6 is 0 Å². The first-order valence-corrected chi connectivity index (χ1v) is 11.2. The van der Waals surface area contributed by atoms with Crippen LogP contribution in [-0.4, -0.2) is 57.3 Å². The van der Waals surface area contributed by atoms with Crippen molar-refractivity contribution in [1.82, 2.24) is 44.3 Å². The van der Waals surface area contributed by atoms with E-state index in [-0.39, 0.29) is 0 Å². The molecular formula is C24H24N10. The number of hydrogen-bond acceptors (Lipinski definition) is 8. The summed E-state index contributed by atoms with van der Waals surface area (Å²) in [4.78, 5) is 29.8. The van der Waals surface area contributed by atoms with E-state index in [9.17, 15) is 0 Å². The van der Waals surface area contributed by atoms with E-state index in [4.69, 9.17) is 9.97 Å². The fraction of sp³-hybridized carbons (Fsp3) is 0.292. The summed E-state index contributed by atoms with van der Waals surface area (Å²) in [7, 11) is 2.09. The number of benzene rings is 1. The largest absolute Gasteiger partial charge is 0.355 e. The van der Waals surface area contributed by atoms with E-state index in [0.717, 1.165) is 41.5 Å². The van der Waals surface area contributed by atoms with Gasteiger partial charge in [-0.25, -0.2) is 24.9 Å². The van der Waals surface area contributed by atoms with Crippen molar-refractivity contribution in [1.29, 1.82) is 0 Å². The molecule has 6 rings (SSSR count). The molecule has 4 aromatic heterocycles. The van der Waals surface area contributed by atoms with E-state index in [2.05, 4.69) is 53.7 Å². The number of hydrogen-bond donors (Lipinski definition) is 0. The molecule has 0 aliphatic carbocycles. The molecule has 1 aromatic carbocycles. The zero-order valence-electron chi connectivity index (χ0n) is 19.5. The summed E-state index contributed by atoms with van der Waals surface area (Å²) in [5.41, 5.74) is 3.69. The number of aryl methyl sites for hydroxylation is 4. The van der Waals surface area contributed by atoms with Crippen molar-refractivity contribution in [2.75, 3.05) is 18.0 Å². The minimum Gasteiger partial charge on any atom is -0.355 e. The second kappa shape index (κ2) is 7.68. The van der Waals surface area contributed by atoms with E-state index in [1.54, 1.807) is 17.1 Å². The minimum atomic E-state index is 0.350. The van der Waals surface area contributed by atoms with Gasteiger partial charge in [0.15, 0.2) is 11.6 Å². The van der Waals surface area contributed by atoms with E-state index < -0.39 is 0 Å². The van der Waals surface area contributed by atoms with Crippen LogP contribution in [0.15, 0.2) is 42.7 Å². The van der Waals surface area contributed by atoms with Gasteiger partial charge in [-0.05, 0) is 32.9 Å². The molecule has 10 nitrogen and oxygen atoms in total. The molecule has 1 aliphatic rings. The first kappa shape index (κ1) is 20.4. The van der Waals surface area contributed by atoms with Crippen LogP contribution in [0.4, 0.5) is 5.82 Å². The fourth-order valence-electron chi connectivity index (χ4n) is 4.41. The highest BCUT2D eigenvalue weighted by Gasteiger charge is 2.33. The van der Waals surface area contributed by atoms with Gasteiger partial charge < -0.3 is 9.47 Å². The van der Waals surface area contributed by atoms with Crippen LogP contribution in [0.3, 0.4) is 0 Å². The zero-order chi connectivity index (χ0) is 23.4. The molecule has 5 aromatic rings. The smallest absolute Gasteiger partial charge is 0.185 e. The first-order valence-electron chi connectivity index (χ1n) is 11.2. The average Bonchev–Trinajstić information content (AvgIpc) is 3.34. The van der Waals surface area contributed by atoms with Crippen molar-refractivity contribution in [3.8, 4) is 17.3 Å². The molecule has 10 heteroatoms.